The summed E-state index contributed by atoms with van der Waals surface area (Å²) >= 11 is 0. The molecule has 1 aliphatic heterocycles. The van der Waals surface area contributed by atoms with Gasteiger partial charge in [-0.2, -0.15) is 13.2 Å². The van der Waals surface area contributed by atoms with Crippen LogP contribution in [0.1, 0.15) is 44.1 Å². The minimum Gasteiger partial charge on any atom is -0.370 e. The van der Waals surface area contributed by atoms with E-state index >= 15 is 0 Å². The lowest BCUT2D eigenvalue weighted by molar-refractivity contribution is -0.137. The molecule has 2 aliphatic carbocycles. The average Bonchev–Trinajstić information content (AvgIpc) is 2.73. The second-order valence-electron chi connectivity index (χ2n) is 9.61. The van der Waals surface area contributed by atoms with Crippen LogP contribution in [0.3, 0.4) is 0 Å². The number of anilines is 2. The quantitative estimate of drug-likeness (QED) is 0.564. The van der Waals surface area contributed by atoms with Gasteiger partial charge in [0.05, 0.1) is 17.9 Å². The van der Waals surface area contributed by atoms with Crippen molar-refractivity contribution < 1.29 is 27.5 Å². The fourth-order valence-corrected chi connectivity index (χ4v) is 4.82. The predicted molar refractivity (Wildman–Crippen MR) is 122 cm³/mol. The van der Waals surface area contributed by atoms with Crippen LogP contribution in [-0.2, 0) is 20.5 Å². The van der Waals surface area contributed by atoms with Gasteiger partial charge in [0.2, 0.25) is 5.91 Å². The van der Waals surface area contributed by atoms with Crippen LogP contribution >= 0.6 is 0 Å². The number of ether oxygens (including phenoxy) is 1. The fraction of sp³-hybridized carbons (Fsp3) is 0.667. The molecule has 3 aliphatic rings. The Balaban J connectivity index is 1.53. The molecule has 0 bridgehead atoms. The molecule has 0 unspecified atom stereocenters. The topological polar surface area (TPSA) is 87.9 Å². The highest BCUT2D eigenvalue weighted by Gasteiger charge is 2.37. The van der Waals surface area contributed by atoms with E-state index in [-0.39, 0.29) is 37.7 Å². The number of halogens is 3. The lowest BCUT2D eigenvalue weighted by atomic mass is 9.82. The van der Waals surface area contributed by atoms with Gasteiger partial charge in [-0.15, -0.1) is 0 Å². The van der Waals surface area contributed by atoms with E-state index in [1.54, 1.807) is 0 Å². The normalized spacial score (nSPS) is 20.7. The number of nitrogens with one attached hydrogen (secondary N) is 1. The number of nitrogens with two attached hydrogens (primary N) is 1. The van der Waals surface area contributed by atoms with Crippen molar-refractivity contribution in [3.05, 3.63) is 23.8 Å². The molecule has 1 heterocycles. The molecule has 0 spiro atoms. The van der Waals surface area contributed by atoms with Crippen molar-refractivity contribution in [2.24, 2.45) is 17.6 Å². The lowest BCUT2D eigenvalue weighted by Crippen LogP contribution is -2.52. The third kappa shape index (κ3) is 5.72. The highest BCUT2D eigenvalue weighted by molar-refractivity contribution is 5.98. The number of hydrogen-bond donors (Lipinski definition) is 2. The zero-order valence-corrected chi connectivity index (χ0v) is 19.3. The Labute approximate surface area is 197 Å². The standard InChI is InChI=1S/C24H33F3N4O3/c25-24(26,27)19-11-18(31-9-10-34-15-22(31)32)7-8-20(19)29-23(33)21(12-28)30(13-16-3-1-4-16)14-17-5-2-6-17/h7-8,11,16-17,21H,1-6,9-10,12-15,28H2,(H,29,33)/t21-/m1/s1. The first-order valence-electron chi connectivity index (χ1n) is 12.1. The summed E-state index contributed by atoms with van der Waals surface area (Å²) in [6.45, 7) is 1.78. The molecule has 1 aromatic rings. The second kappa shape index (κ2) is 10.6. The molecule has 3 fully saturated rings. The Bertz CT molecular complexity index is 871. The molecule has 2 amide bonds. The maximum atomic E-state index is 13.9. The Hall–Kier alpha value is -2.17. The maximum Gasteiger partial charge on any atom is 0.418 e. The summed E-state index contributed by atoms with van der Waals surface area (Å²) in [5.41, 5.74) is 4.79. The average molecular weight is 483 g/mol. The summed E-state index contributed by atoms with van der Waals surface area (Å²) in [4.78, 5) is 28.6. The van der Waals surface area contributed by atoms with Crippen LogP contribution in [0, 0.1) is 11.8 Å². The monoisotopic (exact) mass is 482 g/mol. The first kappa shape index (κ1) is 24.9. The molecular formula is C24H33F3N4O3. The summed E-state index contributed by atoms with van der Waals surface area (Å²) in [6.07, 6.45) is 2.09. The SMILES string of the molecule is NC[C@H](C(=O)Nc1ccc(N2CCOCC2=O)cc1C(F)(F)F)N(CC1CCC1)CC1CCC1. The molecule has 10 heteroatoms. The van der Waals surface area contributed by atoms with E-state index in [0.29, 0.717) is 11.8 Å². The van der Waals surface area contributed by atoms with Crippen LogP contribution in [0.5, 0.6) is 0 Å². The van der Waals surface area contributed by atoms with E-state index in [1.165, 1.54) is 29.9 Å². The number of alkyl halides is 3. The molecule has 7 nitrogen and oxygen atoms in total. The highest BCUT2D eigenvalue weighted by atomic mass is 19.4. The number of rotatable bonds is 9. The zero-order chi connectivity index (χ0) is 24.3. The maximum absolute atomic E-state index is 13.9. The van der Waals surface area contributed by atoms with Gasteiger partial charge in [0, 0.05) is 31.9 Å². The van der Waals surface area contributed by atoms with Gasteiger partial charge < -0.3 is 20.7 Å². The summed E-state index contributed by atoms with van der Waals surface area (Å²) in [7, 11) is 0. The number of amides is 2. The molecule has 1 saturated heterocycles. The molecule has 0 aromatic heterocycles. The van der Waals surface area contributed by atoms with Crippen LogP contribution in [0.25, 0.3) is 0 Å². The molecule has 34 heavy (non-hydrogen) atoms. The fourth-order valence-electron chi connectivity index (χ4n) is 4.82. The highest BCUT2D eigenvalue weighted by Crippen LogP contribution is 2.38. The Morgan fingerprint density at radius 2 is 1.82 bits per heavy atom. The van der Waals surface area contributed by atoms with E-state index in [0.717, 1.165) is 44.8 Å². The number of carbonyl (C=O) groups excluding carboxylic acids is 2. The molecule has 1 atom stereocenters. The number of morpholine rings is 1. The van der Waals surface area contributed by atoms with Crippen LogP contribution in [0.15, 0.2) is 18.2 Å². The molecular weight excluding hydrogens is 449 g/mol. The van der Waals surface area contributed by atoms with E-state index in [1.807, 2.05) is 0 Å². The van der Waals surface area contributed by atoms with Gasteiger partial charge >= 0.3 is 6.18 Å². The Morgan fingerprint density at radius 3 is 2.32 bits per heavy atom. The third-order valence-electron chi connectivity index (χ3n) is 7.27. The largest absolute Gasteiger partial charge is 0.418 e. The van der Waals surface area contributed by atoms with Crippen molar-refractivity contribution in [2.45, 2.75) is 50.7 Å². The van der Waals surface area contributed by atoms with Crippen LogP contribution in [-0.4, -0.2) is 62.1 Å². The smallest absolute Gasteiger partial charge is 0.370 e. The first-order chi connectivity index (χ1) is 16.3. The van der Waals surface area contributed by atoms with E-state index in [4.69, 9.17) is 10.5 Å². The molecule has 188 valence electrons. The third-order valence-corrected chi connectivity index (χ3v) is 7.27. The van der Waals surface area contributed by atoms with E-state index in [9.17, 15) is 22.8 Å². The predicted octanol–water partition coefficient (Wildman–Crippen LogP) is 3.24. The van der Waals surface area contributed by atoms with Crippen LogP contribution in [0.2, 0.25) is 0 Å². The Kier molecular flexibility index (Phi) is 7.79. The zero-order valence-electron chi connectivity index (χ0n) is 19.3. The molecule has 0 radical (unpaired) electrons. The summed E-state index contributed by atoms with van der Waals surface area (Å²) in [5.74, 6) is 0.0971. The van der Waals surface area contributed by atoms with E-state index < -0.39 is 29.6 Å². The van der Waals surface area contributed by atoms with Crippen molar-refractivity contribution in [3.63, 3.8) is 0 Å². The number of carbonyl (C=O) groups is 2. The van der Waals surface area contributed by atoms with Gasteiger partial charge in [-0.1, -0.05) is 12.8 Å². The second-order valence-corrected chi connectivity index (χ2v) is 9.61. The Morgan fingerprint density at radius 1 is 1.18 bits per heavy atom. The van der Waals surface area contributed by atoms with Gasteiger partial charge in [-0.25, -0.2) is 0 Å². The molecule has 1 aromatic carbocycles. The molecule has 4 rings (SSSR count). The first-order valence-corrected chi connectivity index (χ1v) is 12.1. The van der Waals surface area contributed by atoms with Crippen molar-refractivity contribution in [1.82, 2.24) is 4.90 Å². The van der Waals surface area contributed by atoms with Crippen molar-refractivity contribution in [3.8, 4) is 0 Å². The van der Waals surface area contributed by atoms with Crippen LogP contribution < -0.4 is 16.0 Å². The van der Waals surface area contributed by atoms with E-state index in [2.05, 4.69) is 10.2 Å². The number of benzene rings is 1. The van der Waals surface area contributed by atoms with Crippen LogP contribution in [0.4, 0.5) is 24.5 Å². The van der Waals surface area contributed by atoms with Gasteiger partial charge in [-0.3, -0.25) is 14.5 Å². The summed E-state index contributed by atoms with van der Waals surface area (Å²) in [5, 5.41) is 2.50. The minimum atomic E-state index is -4.70. The van der Waals surface area contributed by atoms with Gasteiger partial charge in [-0.05, 0) is 55.7 Å². The molecule has 3 N–H and O–H groups in total. The molecule has 2 saturated carbocycles. The summed E-state index contributed by atoms with van der Waals surface area (Å²) in [6, 6.07) is 2.86. The number of hydrogen-bond acceptors (Lipinski definition) is 5. The van der Waals surface area contributed by atoms with Crippen molar-refractivity contribution in [2.75, 3.05) is 49.6 Å². The van der Waals surface area contributed by atoms with Gasteiger partial charge in [0.25, 0.3) is 5.91 Å². The van der Waals surface area contributed by atoms with Crippen molar-refractivity contribution >= 4 is 23.2 Å². The number of nitrogens with zero attached hydrogens (tertiary/aromatic N) is 2. The van der Waals surface area contributed by atoms with Crippen molar-refractivity contribution in [1.29, 1.82) is 0 Å². The van der Waals surface area contributed by atoms with Gasteiger partial charge in [0.1, 0.15) is 12.6 Å². The lowest BCUT2D eigenvalue weighted by Gasteiger charge is -2.40. The minimum absolute atomic E-state index is 0.0347. The van der Waals surface area contributed by atoms with Gasteiger partial charge in [0.15, 0.2) is 0 Å². The summed E-state index contributed by atoms with van der Waals surface area (Å²) < 4.78 is 46.8.